The summed E-state index contributed by atoms with van der Waals surface area (Å²) in [6.07, 6.45) is 0. The number of benzene rings is 2. The molecule has 0 saturated carbocycles. The maximum atomic E-state index is 13.2. The molecule has 0 aliphatic carbocycles. The molecule has 0 bridgehead atoms. The van der Waals surface area contributed by atoms with Crippen molar-refractivity contribution in [3.63, 3.8) is 0 Å². The standard InChI is InChI=1S/C23H24ClN3O3S2/c1-17-7-5-6-10-20(17)26-11-13-27(14-12-26)32(29,30)22-15-19(24)21(31-22)16-25-23(28)18-8-3-2-4-9-18/h2-10,15H,11-14,16H2,1H3,(H,25,28). The van der Waals surface area contributed by atoms with Crippen molar-refractivity contribution in [2.45, 2.75) is 17.7 Å². The second kappa shape index (κ2) is 9.62. The highest BCUT2D eigenvalue weighted by molar-refractivity contribution is 7.91. The highest BCUT2D eigenvalue weighted by Crippen LogP contribution is 2.33. The lowest BCUT2D eigenvalue weighted by Crippen LogP contribution is -2.48. The summed E-state index contributed by atoms with van der Waals surface area (Å²) in [5, 5.41) is 3.15. The fraction of sp³-hybridized carbons (Fsp3) is 0.261. The third kappa shape index (κ3) is 4.83. The summed E-state index contributed by atoms with van der Waals surface area (Å²) in [5.41, 5.74) is 2.86. The maximum Gasteiger partial charge on any atom is 0.252 e. The molecule has 0 spiro atoms. The lowest BCUT2D eigenvalue weighted by Gasteiger charge is -2.35. The fourth-order valence-electron chi connectivity index (χ4n) is 3.70. The van der Waals surface area contributed by atoms with Gasteiger partial charge in [-0.25, -0.2) is 8.42 Å². The van der Waals surface area contributed by atoms with E-state index in [0.717, 1.165) is 17.0 Å². The van der Waals surface area contributed by atoms with E-state index in [4.69, 9.17) is 11.6 Å². The molecule has 6 nitrogen and oxygen atoms in total. The van der Waals surface area contributed by atoms with Crippen LogP contribution < -0.4 is 10.2 Å². The molecule has 1 aliphatic heterocycles. The third-order valence-corrected chi connectivity index (χ3v) is 9.40. The lowest BCUT2D eigenvalue weighted by molar-refractivity contribution is 0.0951. The summed E-state index contributed by atoms with van der Waals surface area (Å²) in [4.78, 5) is 15.1. The molecule has 3 aromatic rings. The van der Waals surface area contributed by atoms with E-state index in [1.165, 1.54) is 15.9 Å². The van der Waals surface area contributed by atoms with E-state index in [1.54, 1.807) is 24.3 Å². The first-order valence-electron chi connectivity index (χ1n) is 10.3. The number of hydrogen-bond acceptors (Lipinski definition) is 5. The molecule has 0 radical (unpaired) electrons. The van der Waals surface area contributed by atoms with Gasteiger partial charge < -0.3 is 10.2 Å². The Morgan fingerprint density at radius 2 is 1.69 bits per heavy atom. The first kappa shape index (κ1) is 22.8. The molecule has 2 aromatic carbocycles. The third-order valence-electron chi connectivity index (χ3n) is 5.47. The number of anilines is 1. The number of rotatable bonds is 6. The van der Waals surface area contributed by atoms with Gasteiger partial charge in [-0.15, -0.1) is 11.3 Å². The predicted octanol–water partition coefficient (Wildman–Crippen LogP) is 4.15. The fourth-order valence-corrected chi connectivity index (χ4v) is 7.04. The summed E-state index contributed by atoms with van der Waals surface area (Å²) >= 11 is 7.41. The number of thiophene rings is 1. The van der Waals surface area contributed by atoms with Crippen LogP contribution in [0, 0.1) is 6.92 Å². The molecule has 32 heavy (non-hydrogen) atoms. The molecule has 1 saturated heterocycles. The number of sulfonamides is 1. The molecule has 168 valence electrons. The first-order chi connectivity index (χ1) is 15.4. The van der Waals surface area contributed by atoms with E-state index in [9.17, 15) is 13.2 Å². The molecular formula is C23H24ClN3O3S2. The second-order valence-electron chi connectivity index (χ2n) is 7.56. The number of carbonyl (C=O) groups excluding carboxylic acids is 1. The Morgan fingerprint density at radius 3 is 2.38 bits per heavy atom. The van der Waals surface area contributed by atoms with Crippen LogP contribution in [0.1, 0.15) is 20.8 Å². The van der Waals surface area contributed by atoms with Crippen LogP contribution in [0.2, 0.25) is 5.02 Å². The minimum atomic E-state index is -3.64. The first-order valence-corrected chi connectivity index (χ1v) is 12.9. The number of nitrogens with zero attached hydrogens (tertiary/aromatic N) is 2. The van der Waals surface area contributed by atoms with Gasteiger partial charge in [0.2, 0.25) is 0 Å². The Bertz CT molecular complexity index is 1200. The van der Waals surface area contributed by atoms with Crippen LogP contribution in [-0.2, 0) is 16.6 Å². The molecule has 4 rings (SSSR count). The van der Waals surface area contributed by atoms with Crippen molar-refractivity contribution < 1.29 is 13.2 Å². The summed E-state index contributed by atoms with van der Waals surface area (Å²) in [6.45, 7) is 4.31. The predicted molar refractivity (Wildman–Crippen MR) is 129 cm³/mol. The molecule has 2 heterocycles. The average molecular weight is 490 g/mol. The van der Waals surface area contributed by atoms with E-state index in [1.807, 2.05) is 18.2 Å². The van der Waals surface area contributed by atoms with Crippen molar-refractivity contribution in [3.05, 3.63) is 81.7 Å². The van der Waals surface area contributed by atoms with E-state index in [-0.39, 0.29) is 16.7 Å². The molecular weight excluding hydrogens is 466 g/mol. The van der Waals surface area contributed by atoms with Crippen LogP contribution in [0.4, 0.5) is 5.69 Å². The van der Waals surface area contributed by atoms with Crippen LogP contribution in [0.5, 0.6) is 0 Å². The summed E-state index contributed by atoms with van der Waals surface area (Å²) < 4.78 is 28.1. The number of halogens is 1. The average Bonchev–Trinajstić information content (AvgIpc) is 3.20. The normalized spacial score (nSPS) is 15.0. The highest BCUT2D eigenvalue weighted by atomic mass is 35.5. The van der Waals surface area contributed by atoms with Crippen molar-refractivity contribution >= 4 is 44.6 Å². The van der Waals surface area contributed by atoms with Gasteiger partial charge in [-0.05, 0) is 36.8 Å². The van der Waals surface area contributed by atoms with E-state index in [2.05, 4.69) is 29.3 Å². The minimum Gasteiger partial charge on any atom is -0.369 e. The molecule has 0 unspecified atom stereocenters. The number of amides is 1. The second-order valence-corrected chi connectivity index (χ2v) is 11.3. The summed E-state index contributed by atoms with van der Waals surface area (Å²) in [5.74, 6) is -0.230. The van der Waals surface area contributed by atoms with Gasteiger partial charge in [-0.1, -0.05) is 48.0 Å². The Morgan fingerprint density at radius 1 is 1.03 bits per heavy atom. The molecule has 1 fully saturated rings. The number of piperazine rings is 1. The number of aryl methyl sites for hydroxylation is 1. The van der Waals surface area contributed by atoms with Crippen molar-refractivity contribution in [2.24, 2.45) is 0 Å². The molecule has 1 N–H and O–H groups in total. The van der Waals surface area contributed by atoms with Gasteiger partial charge in [0, 0.05) is 42.3 Å². The zero-order valence-electron chi connectivity index (χ0n) is 17.6. The zero-order chi connectivity index (χ0) is 22.7. The van der Waals surface area contributed by atoms with Crippen molar-refractivity contribution in [1.82, 2.24) is 9.62 Å². The van der Waals surface area contributed by atoms with Gasteiger partial charge >= 0.3 is 0 Å². The van der Waals surface area contributed by atoms with Crippen LogP contribution >= 0.6 is 22.9 Å². The smallest absolute Gasteiger partial charge is 0.252 e. The van der Waals surface area contributed by atoms with Crippen LogP contribution in [0.3, 0.4) is 0 Å². The zero-order valence-corrected chi connectivity index (χ0v) is 20.0. The highest BCUT2D eigenvalue weighted by Gasteiger charge is 2.31. The number of para-hydroxylation sites is 1. The quantitative estimate of drug-likeness (QED) is 0.564. The van der Waals surface area contributed by atoms with Gasteiger partial charge in [0.25, 0.3) is 15.9 Å². The van der Waals surface area contributed by atoms with E-state index < -0.39 is 10.0 Å². The Kier molecular flexibility index (Phi) is 6.85. The van der Waals surface area contributed by atoms with Crippen LogP contribution in [-0.4, -0.2) is 44.8 Å². The largest absolute Gasteiger partial charge is 0.369 e. The summed E-state index contributed by atoms with van der Waals surface area (Å²) in [6, 6.07) is 18.5. The molecule has 1 amide bonds. The Hall–Kier alpha value is -2.39. The number of hydrogen-bond donors (Lipinski definition) is 1. The maximum absolute atomic E-state index is 13.2. The topological polar surface area (TPSA) is 69.7 Å². The molecule has 1 aliphatic rings. The van der Waals surface area contributed by atoms with E-state index in [0.29, 0.717) is 41.6 Å². The molecule has 9 heteroatoms. The van der Waals surface area contributed by atoms with Crippen molar-refractivity contribution in [1.29, 1.82) is 0 Å². The minimum absolute atomic E-state index is 0.174. The lowest BCUT2D eigenvalue weighted by atomic mass is 10.1. The Balaban J connectivity index is 1.41. The van der Waals surface area contributed by atoms with Crippen molar-refractivity contribution in [2.75, 3.05) is 31.1 Å². The van der Waals surface area contributed by atoms with Crippen LogP contribution in [0.25, 0.3) is 0 Å². The van der Waals surface area contributed by atoms with Gasteiger partial charge in [-0.3, -0.25) is 4.79 Å². The molecule has 1 aromatic heterocycles. The molecule has 0 atom stereocenters. The van der Waals surface area contributed by atoms with Gasteiger partial charge in [0.05, 0.1) is 11.6 Å². The van der Waals surface area contributed by atoms with Gasteiger partial charge in [-0.2, -0.15) is 4.31 Å². The Labute approximate surface area is 197 Å². The number of carbonyl (C=O) groups is 1. The van der Waals surface area contributed by atoms with Gasteiger partial charge in [0.1, 0.15) is 4.21 Å². The van der Waals surface area contributed by atoms with Crippen LogP contribution in [0.15, 0.2) is 64.9 Å². The SMILES string of the molecule is Cc1ccccc1N1CCN(S(=O)(=O)c2cc(Cl)c(CNC(=O)c3ccccc3)s2)CC1. The van der Waals surface area contributed by atoms with E-state index >= 15 is 0 Å². The number of nitrogens with one attached hydrogen (secondary N) is 1. The monoisotopic (exact) mass is 489 g/mol. The van der Waals surface area contributed by atoms with Crippen molar-refractivity contribution in [3.8, 4) is 0 Å². The van der Waals surface area contributed by atoms with Gasteiger partial charge in [0.15, 0.2) is 0 Å². The summed E-state index contributed by atoms with van der Waals surface area (Å²) in [7, 11) is -3.64.